The molecule has 1 amide bonds. The zero-order valence-electron chi connectivity index (χ0n) is 15.1. The summed E-state index contributed by atoms with van der Waals surface area (Å²) in [6.45, 7) is 4.89. The SMILES string of the molecule is CC1CCc2nnc(N3CC(n4cc(N5CCCC5=O)cn4)C3)cc2C1. The Bertz CT molecular complexity index is 840. The first-order valence-corrected chi connectivity index (χ1v) is 9.62. The summed E-state index contributed by atoms with van der Waals surface area (Å²) in [6, 6.07) is 2.56. The molecule has 3 aliphatic rings. The van der Waals surface area contributed by atoms with Gasteiger partial charge in [-0.3, -0.25) is 9.48 Å². The minimum atomic E-state index is 0.207. The van der Waals surface area contributed by atoms with E-state index < -0.39 is 0 Å². The Kier molecular flexibility index (Phi) is 3.69. The molecule has 1 aliphatic carbocycles. The molecule has 0 radical (unpaired) electrons. The normalized spacial score (nSPS) is 23.3. The number of nitrogens with zero attached hydrogens (tertiary/aromatic N) is 6. The molecule has 2 aromatic heterocycles. The molecule has 7 nitrogen and oxygen atoms in total. The summed E-state index contributed by atoms with van der Waals surface area (Å²) in [7, 11) is 0. The van der Waals surface area contributed by atoms with Crippen LogP contribution in [0.1, 0.15) is 43.5 Å². The van der Waals surface area contributed by atoms with Crippen molar-refractivity contribution in [3.63, 3.8) is 0 Å². The molecule has 0 saturated carbocycles. The maximum atomic E-state index is 11.9. The highest BCUT2D eigenvalue weighted by molar-refractivity contribution is 5.95. The van der Waals surface area contributed by atoms with E-state index in [1.807, 2.05) is 22.0 Å². The van der Waals surface area contributed by atoms with E-state index in [1.54, 1.807) is 0 Å². The molecule has 5 rings (SSSR count). The molecule has 4 heterocycles. The Morgan fingerprint density at radius 1 is 1.19 bits per heavy atom. The molecule has 0 bridgehead atoms. The number of fused-ring (bicyclic) bond motifs is 1. The van der Waals surface area contributed by atoms with Crippen LogP contribution in [0.15, 0.2) is 18.5 Å². The molecule has 26 heavy (non-hydrogen) atoms. The van der Waals surface area contributed by atoms with Crippen molar-refractivity contribution >= 4 is 17.4 Å². The molecular formula is C19H24N6O. The van der Waals surface area contributed by atoms with Gasteiger partial charge >= 0.3 is 0 Å². The van der Waals surface area contributed by atoms with Gasteiger partial charge in [0.1, 0.15) is 0 Å². The lowest BCUT2D eigenvalue weighted by Gasteiger charge is -2.40. The van der Waals surface area contributed by atoms with Crippen molar-refractivity contribution in [2.75, 3.05) is 29.4 Å². The number of rotatable bonds is 3. The van der Waals surface area contributed by atoms with Crippen LogP contribution in [0.5, 0.6) is 0 Å². The molecule has 2 saturated heterocycles. The molecule has 2 aromatic rings. The van der Waals surface area contributed by atoms with E-state index in [4.69, 9.17) is 0 Å². The van der Waals surface area contributed by atoms with Crippen LogP contribution in [0.3, 0.4) is 0 Å². The Hall–Kier alpha value is -2.44. The van der Waals surface area contributed by atoms with E-state index in [0.717, 1.165) is 56.3 Å². The van der Waals surface area contributed by atoms with Crippen LogP contribution < -0.4 is 9.80 Å². The van der Waals surface area contributed by atoms with Gasteiger partial charge in [-0.05, 0) is 43.2 Å². The fourth-order valence-corrected chi connectivity index (χ4v) is 4.24. The average Bonchev–Trinajstić information content (AvgIpc) is 3.22. The van der Waals surface area contributed by atoms with Gasteiger partial charge in [0, 0.05) is 32.3 Å². The third-order valence-electron chi connectivity index (χ3n) is 5.92. The topological polar surface area (TPSA) is 67.2 Å². The van der Waals surface area contributed by atoms with Gasteiger partial charge in [-0.15, -0.1) is 5.10 Å². The number of anilines is 2. The molecule has 7 heteroatoms. The zero-order valence-corrected chi connectivity index (χ0v) is 15.1. The molecule has 1 atom stereocenters. The van der Waals surface area contributed by atoms with E-state index in [-0.39, 0.29) is 5.91 Å². The highest BCUT2D eigenvalue weighted by Gasteiger charge is 2.32. The van der Waals surface area contributed by atoms with Gasteiger partial charge in [-0.1, -0.05) is 6.92 Å². The first-order chi connectivity index (χ1) is 12.7. The van der Waals surface area contributed by atoms with Crippen LogP contribution in [0.2, 0.25) is 0 Å². The molecule has 2 fully saturated rings. The summed E-state index contributed by atoms with van der Waals surface area (Å²) < 4.78 is 1.99. The van der Waals surface area contributed by atoms with E-state index in [0.29, 0.717) is 12.5 Å². The number of hydrogen-bond acceptors (Lipinski definition) is 5. The summed E-state index contributed by atoms with van der Waals surface area (Å²) in [5.41, 5.74) is 3.47. The Labute approximate surface area is 153 Å². The fraction of sp³-hybridized carbons (Fsp3) is 0.579. The van der Waals surface area contributed by atoms with Gasteiger partial charge in [0.15, 0.2) is 5.82 Å². The maximum absolute atomic E-state index is 11.9. The highest BCUT2D eigenvalue weighted by Crippen LogP contribution is 2.31. The predicted octanol–water partition coefficient (Wildman–Crippen LogP) is 1.99. The van der Waals surface area contributed by atoms with E-state index in [2.05, 4.69) is 33.2 Å². The largest absolute Gasteiger partial charge is 0.351 e. The number of hydrogen-bond donors (Lipinski definition) is 0. The molecule has 0 spiro atoms. The highest BCUT2D eigenvalue weighted by atomic mass is 16.2. The summed E-state index contributed by atoms with van der Waals surface area (Å²) in [5, 5.41) is 13.4. The summed E-state index contributed by atoms with van der Waals surface area (Å²) in [6.07, 6.45) is 8.79. The number of carbonyl (C=O) groups is 1. The molecule has 136 valence electrons. The van der Waals surface area contributed by atoms with Crippen LogP contribution in [0, 0.1) is 5.92 Å². The van der Waals surface area contributed by atoms with E-state index in [9.17, 15) is 4.79 Å². The fourth-order valence-electron chi connectivity index (χ4n) is 4.24. The molecule has 2 aliphatic heterocycles. The number of aromatic nitrogens is 4. The number of aryl methyl sites for hydroxylation is 1. The number of carbonyl (C=O) groups excluding carboxylic acids is 1. The standard InChI is InChI=1S/C19H24N6O/c1-13-4-5-17-14(7-13)8-18(22-21-17)23-10-16(11-23)25-12-15(9-20-25)24-6-2-3-19(24)26/h8-9,12-13,16H,2-7,10-11H2,1H3. The van der Waals surface area contributed by atoms with Crippen molar-refractivity contribution in [1.29, 1.82) is 0 Å². The Morgan fingerprint density at radius 3 is 2.88 bits per heavy atom. The van der Waals surface area contributed by atoms with E-state index >= 15 is 0 Å². The first-order valence-electron chi connectivity index (χ1n) is 9.62. The monoisotopic (exact) mass is 352 g/mol. The maximum Gasteiger partial charge on any atom is 0.227 e. The summed E-state index contributed by atoms with van der Waals surface area (Å²) in [4.78, 5) is 16.0. The van der Waals surface area contributed by atoms with E-state index in [1.165, 1.54) is 17.7 Å². The van der Waals surface area contributed by atoms with Crippen LogP contribution >= 0.6 is 0 Å². The second kappa shape index (κ2) is 6.07. The zero-order chi connectivity index (χ0) is 17.7. The van der Waals surface area contributed by atoms with Gasteiger partial charge in [-0.2, -0.15) is 10.2 Å². The summed E-state index contributed by atoms with van der Waals surface area (Å²) in [5.74, 6) is 1.93. The van der Waals surface area contributed by atoms with Crippen molar-refractivity contribution < 1.29 is 4.79 Å². The lowest BCUT2D eigenvalue weighted by atomic mass is 9.88. The minimum Gasteiger partial charge on any atom is -0.351 e. The second-order valence-electron chi connectivity index (χ2n) is 7.91. The van der Waals surface area contributed by atoms with Gasteiger partial charge in [0.05, 0.1) is 23.6 Å². The molecule has 0 N–H and O–H groups in total. The van der Waals surface area contributed by atoms with Gasteiger partial charge in [0.25, 0.3) is 0 Å². The quantitative estimate of drug-likeness (QED) is 0.845. The van der Waals surface area contributed by atoms with Crippen molar-refractivity contribution in [2.45, 2.75) is 45.1 Å². The Balaban J connectivity index is 1.26. The van der Waals surface area contributed by atoms with Crippen LogP contribution in [0.4, 0.5) is 11.5 Å². The Morgan fingerprint density at radius 2 is 2.08 bits per heavy atom. The molecule has 1 unspecified atom stereocenters. The van der Waals surface area contributed by atoms with Crippen LogP contribution in [-0.4, -0.2) is 45.5 Å². The minimum absolute atomic E-state index is 0.207. The molecule has 0 aromatic carbocycles. The van der Waals surface area contributed by atoms with Crippen LogP contribution in [-0.2, 0) is 17.6 Å². The third kappa shape index (κ3) is 2.66. The van der Waals surface area contributed by atoms with Crippen molar-refractivity contribution in [3.05, 3.63) is 29.7 Å². The molecular weight excluding hydrogens is 328 g/mol. The van der Waals surface area contributed by atoms with Crippen molar-refractivity contribution in [2.24, 2.45) is 5.92 Å². The number of amides is 1. The van der Waals surface area contributed by atoms with Gasteiger partial charge in [-0.25, -0.2) is 0 Å². The summed E-state index contributed by atoms with van der Waals surface area (Å²) >= 11 is 0. The predicted molar refractivity (Wildman–Crippen MR) is 98.3 cm³/mol. The second-order valence-corrected chi connectivity index (χ2v) is 7.91. The van der Waals surface area contributed by atoms with Crippen LogP contribution in [0.25, 0.3) is 0 Å². The van der Waals surface area contributed by atoms with Crippen molar-refractivity contribution in [3.8, 4) is 0 Å². The lowest BCUT2D eigenvalue weighted by Crippen LogP contribution is -2.48. The smallest absolute Gasteiger partial charge is 0.227 e. The third-order valence-corrected chi connectivity index (χ3v) is 5.92. The lowest BCUT2D eigenvalue weighted by molar-refractivity contribution is -0.117. The van der Waals surface area contributed by atoms with Crippen molar-refractivity contribution in [1.82, 2.24) is 20.0 Å². The van der Waals surface area contributed by atoms with Gasteiger partial charge < -0.3 is 9.80 Å². The average molecular weight is 352 g/mol. The van der Waals surface area contributed by atoms with Gasteiger partial charge in [0.2, 0.25) is 5.91 Å². The first kappa shape index (κ1) is 15.8.